The summed E-state index contributed by atoms with van der Waals surface area (Å²) in [4.78, 5) is 35.2. The molecular weight excluding hydrogens is 290 g/mol. The van der Waals surface area contributed by atoms with Crippen LogP contribution >= 0.6 is 0 Å². The quantitative estimate of drug-likeness (QED) is 0.654. The van der Waals surface area contributed by atoms with Gasteiger partial charge in [0.1, 0.15) is 5.76 Å². The van der Waals surface area contributed by atoms with E-state index in [4.69, 9.17) is 4.52 Å². The molecule has 1 heterocycles. The molecule has 0 aliphatic rings. The Morgan fingerprint density at radius 3 is 2.45 bits per heavy atom. The second kappa shape index (κ2) is 6.53. The third kappa shape index (κ3) is 3.48. The van der Waals surface area contributed by atoms with Crippen molar-refractivity contribution in [2.45, 2.75) is 6.92 Å². The Morgan fingerprint density at radius 1 is 1.14 bits per heavy atom. The Morgan fingerprint density at radius 2 is 1.82 bits per heavy atom. The van der Waals surface area contributed by atoms with Crippen LogP contribution in [0.2, 0.25) is 0 Å². The number of nitrogens with zero attached hydrogens (tertiary/aromatic N) is 1. The fourth-order valence-electron chi connectivity index (χ4n) is 1.66. The smallest absolute Gasteiger partial charge is 0.339 e. The van der Waals surface area contributed by atoms with Gasteiger partial charge in [-0.2, -0.15) is 0 Å². The Kier molecular flexibility index (Phi) is 4.52. The van der Waals surface area contributed by atoms with Crippen LogP contribution in [0.15, 0.2) is 34.9 Å². The SMILES string of the molecule is COC(=O)c1ccccc1NC(=O)C(=O)Nc1cc(C)on1. The third-order valence-electron chi connectivity index (χ3n) is 2.66. The van der Waals surface area contributed by atoms with Crippen LogP contribution in [0.5, 0.6) is 0 Å². The van der Waals surface area contributed by atoms with Crippen LogP contribution in [0.25, 0.3) is 0 Å². The van der Waals surface area contributed by atoms with E-state index in [1.165, 1.54) is 25.3 Å². The molecule has 1 aromatic heterocycles. The van der Waals surface area contributed by atoms with E-state index in [9.17, 15) is 14.4 Å². The van der Waals surface area contributed by atoms with Crippen LogP contribution < -0.4 is 10.6 Å². The first-order valence-corrected chi connectivity index (χ1v) is 6.24. The lowest BCUT2D eigenvalue weighted by atomic mass is 10.2. The van der Waals surface area contributed by atoms with Crippen molar-refractivity contribution >= 4 is 29.3 Å². The largest absolute Gasteiger partial charge is 0.465 e. The zero-order chi connectivity index (χ0) is 16.1. The van der Waals surface area contributed by atoms with E-state index in [1.807, 2.05) is 0 Å². The predicted molar refractivity (Wildman–Crippen MR) is 76.3 cm³/mol. The molecule has 0 atom stereocenters. The number of aryl methyl sites for hydroxylation is 1. The summed E-state index contributed by atoms with van der Waals surface area (Å²) in [6.07, 6.45) is 0. The van der Waals surface area contributed by atoms with Gasteiger partial charge >= 0.3 is 17.8 Å². The van der Waals surface area contributed by atoms with E-state index in [-0.39, 0.29) is 17.1 Å². The highest BCUT2D eigenvalue weighted by Gasteiger charge is 2.19. The summed E-state index contributed by atoms with van der Waals surface area (Å²) >= 11 is 0. The Balaban J connectivity index is 2.08. The maximum atomic E-state index is 11.9. The minimum atomic E-state index is -0.947. The number of rotatable bonds is 3. The Hall–Kier alpha value is -3.16. The van der Waals surface area contributed by atoms with Gasteiger partial charge in [0, 0.05) is 6.07 Å². The summed E-state index contributed by atoms with van der Waals surface area (Å²) in [5.41, 5.74) is 0.314. The maximum Gasteiger partial charge on any atom is 0.339 e. The van der Waals surface area contributed by atoms with Crippen molar-refractivity contribution in [3.8, 4) is 0 Å². The maximum absolute atomic E-state index is 11.9. The topological polar surface area (TPSA) is 111 Å². The van der Waals surface area contributed by atoms with E-state index in [1.54, 1.807) is 19.1 Å². The number of benzene rings is 1. The first-order valence-electron chi connectivity index (χ1n) is 6.24. The van der Waals surface area contributed by atoms with Crippen molar-refractivity contribution in [3.05, 3.63) is 41.7 Å². The lowest BCUT2D eigenvalue weighted by Gasteiger charge is -2.08. The Bertz CT molecular complexity index is 723. The molecule has 0 aliphatic heterocycles. The molecule has 0 aliphatic carbocycles. The number of hydrogen-bond acceptors (Lipinski definition) is 6. The minimum Gasteiger partial charge on any atom is -0.465 e. The highest BCUT2D eigenvalue weighted by atomic mass is 16.5. The molecule has 8 nitrogen and oxygen atoms in total. The second-order valence-corrected chi connectivity index (χ2v) is 4.27. The molecule has 2 amide bonds. The lowest BCUT2D eigenvalue weighted by Crippen LogP contribution is -2.29. The molecule has 2 rings (SSSR count). The number of para-hydroxylation sites is 1. The third-order valence-corrected chi connectivity index (χ3v) is 2.66. The summed E-state index contributed by atoms with van der Waals surface area (Å²) in [5, 5.41) is 8.16. The predicted octanol–water partition coefficient (Wildman–Crippen LogP) is 1.35. The molecule has 22 heavy (non-hydrogen) atoms. The summed E-state index contributed by atoms with van der Waals surface area (Å²) in [5.74, 6) is -1.89. The van der Waals surface area contributed by atoms with Gasteiger partial charge in [0.2, 0.25) is 0 Å². The zero-order valence-corrected chi connectivity index (χ0v) is 11.9. The number of anilines is 2. The molecule has 0 unspecified atom stereocenters. The van der Waals surface area contributed by atoms with E-state index < -0.39 is 17.8 Å². The van der Waals surface area contributed by atoms with Gasteiger partial charge in [0.25, 0.3) is 0 Å². The molecule has 0 saturated heterocycles. The molecule has 8 heteroatoms. The van der Waals surface area contributed by atoms with Crippen molar-refractivity contribution in [2.75, 3.05) is 17.7 Å². The lowest BCUT2D eigenvalue weighted by molar-refractivity contribution is -0.133. The number of esters is 1. The standard InChI is InChI=1S/C14H13N3O5/c1-8-7-11(17-22-8)16-13(19)12(18)15-10-6-4-3-5-9(10)14(20)21-2/h3-7H,1-2H3,(H,15,18)(H,16,17,19). The first-order chi connectivity index (χ1) is 10.5. The minimum absolute atomic E-state index is 0.124. The van der Waals surface area contributed by atoms with Crippen LogP contribution in [0.3, 0.4) is 0 Å². The summed E-state index contributed by atoms with van der Waals surface area (Å²) in [6.45, 7) is 1.65. The summed E-state index contributed by atoms with van der Waals surface area (Å²) in [6, 6.07) is 7.65. The second-order valence-electron chi connectivity index (χ2n) is 4.27. The van der Waals surface area contributed by atoms with Gasteiger partial charge < -0.3 is 14.6 Å². The fourth-order valence-corrected chi connectivity index (χ4v) is 1.66. The van der Waals surface area contributed by atoms with Gasteiger partial charge in [0.15, 0.2) is 5.82 Å². The van der Waals surface area contributed by atoms with Gasteiger partial charge in [-0.05, 0) is 19.1 Å². The van der Waals surface area contributed by atoms with Crippen molar-refractivity contribution in [1.29, 1.82) is 0 Å². The van der Waals surface area contributed by atoms with E-state index in [2.05, 4.69) is 20.5 Å². The van der Waals surface area contributed by atoms with Crippen LogP contribution in [-0.4, -0.2) is 30.1 Å². The first kappa shape index (κ1) is 15.2. The molecule has 0 fully saturated rings. The number of methoxy groups -OCH3 is 1. The number of carbonyl (C=O) groups excluding carboxylic acids is 3. The Labute approximate surface area is 125 Å². The van der Waals surface area contributed by atoms with Gasteiger partial charge in [-0.3, -0.25) is 14.9 Å². The van der Waals surface area contributed by atoms with Crippen molar-refractivity contribution < 1.29 is 23.6 Å². The molecule has 114 valence electrons. The number of amides is 2. The molecule has 2 N–H and O–H groups in total. The van der Waals surface area contributed by atoms with Gasteiger partial charge in [0.05, 0.1) is 18.4 Å². The van der Waals surface area contributed by atoms with Gasteiger partial charge in [-0.15, -0.1) is 0 Å². The average Bonchev–Trinajstić information content (AvgIpc) is 2.92. The van der Waals surface area contributed by atoms with Crippen molar-refractivity contribution in [1.82, 2.24) is 5.16 Å². The monoisotopic (exact) mass is 303 g/mol. The number of nitrogens with one attached hydrogen (secondary N) is 2. The zero-order valence-electron chi connectivity index (χ0n) is 11.9. The number of aromatic nitrogens is 1. The summed E-state index contributed by atoms with van der Waals surface area (Å²) < 4.78 is 9.38. The van der Waals surface area contributed by atoms with Crippen molar-refractivity contribution in [3.63, 3.8) is 0 Å². The van der Waals surface area contributed by atoms with E-state index >= 15 is 0 Å². The highest BCUT2D eigenvalue weighted by Crippen LogP contribution is 2.16. The molecule has 1 aromatic carbocycles. The molecule has 0 saturated carbocycles. The normalized spacial score (nSPS) is 9.91. The number of ether oxygens (including phenoxy) is 1. The molecular formula is C14H13N3O5. The van der Waals surface area contributed by atoms with Crippen LogP contribution in [0, 0.1) is 6.92 Å². The van der Waals surface area contributed by atoms with Gasteiger partial charge in [-0.1, -0.05) is 17.3 Å². The van der Waals surface area contributed by atoms with Crippen LogP contribution in [-0.2, 0) is 14.3 Å². The van der Waals surface area contributed by atoms with E-state index in [0.717, 1.165) is 0 Å². The molecule has 0 radical (unpaired) electrons. The summed E-state index contributed by atoms with van der Waals surface area (Å²) in [7, 11) is 1.22. The van der Waals surface area contributed by atoms with Gasteiger partial charge in [-0.25, -0.2) is 4.79 Å². The molecule has 2 aromatic rings. The van der Waals surface area contributed by atoms with Crippen molar-refractivity contribution in [2.24, 2.45) is 0 Å². The number of hydrogen-bond donors (Lipinski definition) is 2. The van der Waals surface area contributed by atoms with E-state index in [0.29, 0.717) is 5.76 Å². The van der Waals surface area contributed by atoms with Crippen LogP contribution in [0.4, 0.5) is 11.5 Å². The highest BCUT2D eigenvalue weighted by molar-refractivity contribution is 6.43. The molecule has 0 bridgehead atoms. The number of carbonyl (C=O) groups is 3. The fraction of sp³-hybridized carbons (Fsp3) is 0.143. The average molecular weight is 303 g/mol. The van der Waals surface area contributed by atoms with Crippen LogP contribution in [0.1, 0.15) is 16.1 Å². The molecule has 0 spiro atoms.